The molecule has 0 aromatic carbocycles. The largest absolute Gasteiger partial charge is 0.481 e. The number of nitrogens with zero attached hydrogens (tertiary/aromatic N) is 1. The first-order valence-corrected chi connectivity index (χ1v) is 5.34. The minimum absolute atomic E-state index is 0.0154. The van der Waals surface area contributed by atoms with Gasteiger partial charge in [-0.15, -0.1) is 0 Å². The van der Waals surface area contributed by atoms with Gasteiger partial charge in [0, 0.05) is 20.5 Å². The Morgan fingerprint density at radius 1 is 1.24 bits per heavy atom. The van der Waals surface area contributed by atoms with Crippen molar-refractivity contribution in [3.05, 3.63) is 0 Å². The Morgan fingerprint density at radius 3 is 2.18 bits per heavy atom. The van der Waals surface area contributed by atoms with Crippen LogP contribution < -0.4 is 5.32 Å². The number of hydrogen-bond donors (Lipinski definition) is 2. The summed E-state index contributed by atoms with van der Waals surface area (Å²) in [5.74, 6) is -1.42. The molecule has 0 radical (unpaired) electrons. The molecule has 2 N–H and O–H groups in total. The number of hydrogen-bond acceptors (Lipinski definition) is 3. The molecule has 98 valence electrons. The number of carbonyl (C=O) groups excluding carboxylic acids is 2. The van der Waals surface area contributed by atoms with Gasteiger partial charge in [-0.3, -0.25) is 14.4 Å². The number of carboxylic acids is 1. The summed E-state index contributed by atoms with van der Waals surface area (Å²) in [6.07, 6.45) is 0.0271. The van der Waals surface area contributed by atoms with E-state index in [2.05, 4.69) is 5.32 Å². The molecule has 0 aliphatic carbocycles. The topological polar surface area (TPSA) is 86.7 Å². The molecule has 0 saturated carbocycles. The summed E-state index contributed by atoms with van der Waals surface area (Å²) in [7, 11) is 3.02. The first-order chi connectivity index (χ1) is 7.68. The quantitative estimate of drug-likeness (QED) is 0.693. The molecule has 2 amide bonds. The van der Waals surface area contributed by atoms with Crippen LogP contribution in [0.15, 0.2) is 0 Å². The minimum atomic E-state index is -0.934. The van der Waals surface area contributed by atoms with Crippen LogP contribution in [0.3, 0.4) is 0 Å². The Balaban J connectivity index is 4.33. The van der Waals surface area contributed by atoms with Crippen LogP contribution in [0.25, 0.3) is 0 Å². The summed E-state index contributed by atoms with van der Waals surface area (Å²) in [6, 6.07) is 0. The third-order valence-electron chi connectivity index (χ3n) is 2.34. The van der Waals surface area contributed by atoms with Crippen molar-refractivity contribution in [3.63, 3.8) is 0 Å². The Morgan fingerprint density at radius 2 is 1.76 bits per heavy atom. The molecule has 0 heterocycles. The highest BCUT2D eigenvalue weighted by Crippen LogP contribution is 2.25. The monoisotopic (exact) mass is 244 g/mol. The number of carbonyl (C=O) groups is 3. The second-order valence-corrected chi connectivity index (χ2v) is 4.83. The van der Waals surface area contributed by atoms with Crippen molar-refractivity contribution in [2.75, 3.05) is 20.6 Å². The molecule has 0 aliphatic heterocycles. The second-order valence-electron chi connectivity index (χ2n) is 4.83. The van der Waals surface area contributed by atoms with Gasteiger partial charge in [-0.2, -0.15) is 0 Å². The first kappa shape index (κ1) is 15.4. The summed E-state index contributed by atoms with van der Waals surface area (Å²) in [5, 5.41) is 11.1. The van der Waals surface area contributed by atoms with Crippen molar-refractivity contribution in [2.45, 2.75) is 26.7 Å². The molecule has 0 rings (SSSR count). The van der Waals surface area contributed by atoms with Crippen molar-refractivity contribution >= 4 is 17.8 Å². The first-order valence-electron chi connectivity index (χ1n) is 5.34. The molecule has 0 unspecified atom stereocenters. The van der Waals surface area contributed by atoms with E-state index < -0.39 is 11.4 Å². The minimum Gasteiger partial charge on any atom is -0.481 e. The second kappa shape index (κ2) is 6.22. The Kier molecular flexibility index (Phi) is 5.64. The van der Waals surface area contributed by atoms with E-state index in [1.165, 1.54) is 19.0 Å². The van der Waals surface area contributed by atoms with Crippen LogP contribution in [-0.2, 0) is 14.4 Å². The van der Waals surface area contributed by atoms with E-state index >= 15 is 0 Å². The zero-order valence-corrected chi connectivity index (χ0v) is 10.7. The van der Waals surface area contributed by atoms with Crippen LogP contribution in [0.4, 0.5) is 0 Å². The molecular weight excluding hydrogens is 224 g/mol. The molecular formula is C11H20N2O4. The van der Waals surface area contributed by atoms with E-state index in [4.69, 9.17) is 5.11 Å². The predicted molar refractivity (Wildman–Crippen MR) is 62.4 cm³/mol. The number of rotatable bonds is 6. The van der Waals surface area contributed by atoms with Crippen LogP contribution in [0.2, 0.25) is 0 Å². The van der Waals surface area contributed by atoms with Crippen molar-refractivity contribution in [2.24, 2.45) is 5.41 Å². The standard InChI is InChI=1S/C11H20N2O4/c1-11(2,6-10(16)17)5-9(15)13(4)7-8(14)12-3/h5-7H2,1-4H3,(H,12,14)(H,16,17). The molecule has 0 fully saturated rings. The van der Waals surface area contributed by atoms with Gasteiger partial charge in [-0.05, 0) is 5.41 Å². The van der Waals surface area contributed by atoms with E-state index in [9.17, 15) is 14.4 Å². The maximum atomic E-state index is 11.7. The lowest BCUT2D eigenvalue weighted by atomic mass is 9.85. The van der Waals surface area contributed by atoms with Crippen molar-refractivity contribution in [3.8, 4) is 0 Å². The number of nitrogens with one attached hydrogen (secondary N) is 1. The van der Waals surface area contributed by atoms with Gasteiger partial charge in [0.25, 0.3) is 0 Å². The fourth-order valence-electron chi connectivity index (χ4n) is 1.40. The van der Waals surface area contributed by atoms with Gasteiger partial charge in [0.15, 0.2) is 0 Å². The fraction of sp³-hybridized carbons (Fsp3) is 0.727. The third-order valence-corrected chi connectivity index (χ3v) is 2.34. The molecule has 0 saturated heterocycles. The van der Waals surface area contributed by atoms with Gasteiger partial charge < -0.3 is 15.3 Å². The summed E-state index contributed by atoms with van der Waals surface area (Å²) < 4.78 is 0. The SMILES string of the molecule is CNC(=O)CN(C)C(=O)CC(C)(C)CC(=O)O. The summed E-state index contributed by atoms with van der Waals surface area (Å²) in [4.78, 5) is 34.7. The zero-order valence-electron chi connectivity index (χ0n) is 10.7. The van der Waals surface area contributed by atoms with E-state index in [1.54, 1.807) is 13.8 Å². The van der Waals surface area contributed by atoms with E-state index in [1.807, 2.05) is 0 Å². The van der Waals surface area contributed by atoms with E-state index in [-0.39, 0.29) is 31.2 Å². The molecule has 0 spiro atoms. The van der Waals surface area contributed by atoms with Crippen LogP contribution in [-0.4, -0.2) is 48.4 Å². The Bertz CT molecular complexity index is 313. The smallest absolute Gasteiger partial charge is 0.303 e. The van der Waals surface area contributed by atoms with Crippen LogP contribution >= 0.6 is 0 Å². The molecule has 6 heteroatoms. The Hall–Kier alpha value is -1.59. The summed E-state index contributed by atoms with van der Waals surface area (Å²) in [5.41, 5.74) is -0.611. The summed E-state index contributed by atoms with van der Waals surface area (Å²) in [6.45, 7) is 3.41. The van der Waals surface area contributed by atoms with Crippen molar-refractivity contribution < 1.29 is 19.5 Å². The molecule has 0 bridgehead atoms. The normalized spacial score (nSPS) is 10.8. The van der Waals surface area contributed by atoms with Gasteiger partial charge in [0.05, 0.1) is 13.0 Å². The molecule has 0 aromatic heterocycles. The van der Waals surface area contributed by atoms with E-state index in [0.717, 1.165) is 0 Å². The molecule has 0 atom stereocenters. The van der Waals surface area contributed by atoms with Gasteiger partial charge in [0.2, 0.25) is 11.8 Å². The number of aliphatic carboxylic acids is 1. The predicted octanol–water partition coefficient (Wildman–Crippen LogP) is 0.0818. The number of amides is 2. The highest BCUT2D eigenvalue weighted by Gasteiger charge is 2.27. The maximum absolute atomic E-state index is 11.7. The van der Waals surface area contributed by atoms with Gasteiger partial charge in [-0.25, -0.2) is 0 Å². The van der Waals surface area contributed by atoms with Crippen LogP contribution in [0.5, 0.6) is 0 Å². The van der Waals surface area contributed by atoms with Gasteiger partial charge in [-0.1, -0.05) is 13.8 Å². The Labute approximate surface area is 101 Å². The molecule has 0 aromatic rings. The molecule has 17 heavy (non-hydrogen) atoms. The van der Waals surface area contributed by atoms with Crippen molar-refractivity contribution in [1.82, 2.24) is 10.2 Å². The maximum Gasteiger partial charge on any atom is 0.303 e. The third kappa shape index (κ3) is 6.55. The lowest BCUT2D eigenvalue weighted by Crippen LogP contribution is -2.38. The highest BCUT2D eigenvalue weighted by molar-refractivity contribution is 5.85. The van der Waals surface area contributed by atoms with E-state index in [0.29, 0.717) is 0 Å². The van der Waals surface area contributed by atoms with Crippen molar-refractivity contribution in [1.29, 1.82) is 0 Å². The zero-order chi connectivity index (χ0) is 13.6. The fourth-order valence-corrected chi connectivity index (χ4v) is 1.40. The van der Waals surface area contributed by atoms with Crippen LogP contribution in [0, 0.1) is 5.41 Å². The average Bonchev–Trinajstić information content (AvgIpc) is 2.14. The summed E-state index contributed by atoms with van der Waals surface area (Å²) >= 11 is 0. The number of carboxylic acid groups (broad SMARTS) is 1. The van der Waals surface area contributed by atoms with Gasteiger partial charge in [0.1, 0.15) is 0 Å². The molecule has 6 nitrogen and oxygen atoms in total. The average molecular weight is 244 g/mol. The lowest BCUT2D eigenvalue weighted by Gasteiger charge is -2.25. The highest BCUT2D eigenvalue weighted by atomic mass is 16.4. The lowest BCUT2D eigenvalue weighted by molar-refractivity contribution is -0.141. The number of likely N-dealkylation sites (N-methyl/N-ethyl adjacent to an activating group) is 2. The molecule has 0 aliphatic rings. The van der Waals surface area contributed by atoms with Gasteiger partial charge >= 0.3 is 5.97 Å². The van der Waals surface area contributed by atoms with Crippen LogP contribution in [0.1, 0.15) is 26.7 Å².